The number of rotatable bonds is 7. The first-order valence-corrected chi connectivity index (χ1v) is 11.0. The van der Waals surface area contributed by atoms with Crippen molar-refractivity contribution >= 4 is 45.9 Å². The van der Waals surface area contributed by atoms with Crippen molar-refractivity contribution in [3.8, 4) is 0 Å². The van der Waals surface area contributed by atoms with Gasteiger partial charge >= 0.3 is 0 Å². The predicted octanol–water partition coefficient (Wildman–Crippen LogP) is 3.29. The molecule has 1 aromatic carbocycles. The SMILES string of the molecule is CCNC(=NCC1(c2cccc(Br)c2)CC1)NCC(C)N1CCN(C)CC1.I. The first kappa shape index (κ1) is 23.9. The lowest BCUT2D eigenvalue weighted by atomic mass is 9.96. The Bertz CT molecular complexity index is 641. The zero-order chi connectivity index (χ0) is 19.3. The molecule has 0 bridgehead atoms. The van der Waals surface area contributed by atoms with E-state index in [1.165, 1.54) is 18.4 Å². The molecule has 1 aliphatic heterocycles. The Kier molecular flexibility index (Phi) is 9.50. The zero-order valence-electron chi connectivity index (χ0n) is 17.4. The first-order chi connectivity index (χ1) is 13.0. The van der Waals surface area contributed by atoms with E-state index in [9.17, 15) is 0 Å². The van der Waals surface area contributed by atoms with Crippen LogP contribution in [0.1, 0.15) is 32.3 Å². The number of piperazine rings is 1. The Morgan fingerprint density at radius 2 is 1.93 bits per heavy atom. The van der Waals surface area contributed by atoms with Crippen LogP contribution in [0.15, 0.2) is 33.7 Å². The molecule has 1 aliphatic carbocycles. The average molecular weight is 564 g/mol. The third kappa shape index (κ3) is 6.57. The molecular formula is C21H35BrIN5. The smallest absolute Gasteiger partial charge is 0.191 e. The van der Waals surface area contributed by atoms with Crippen molar-refractivity contribution < 1.29 is 0 Å². The molecule has 158 valence electrons. The van der Waals surface area contributed by atoms with E-state index in [0.29, 0.717) is 6.04 Å². The highest BCUT2D eigenvalue weighted by molar-refractivity contribution is 14.0. The number of hydrogen-bond acceptors (Lipinski definition) is 3. The lowest BCUT2D eigenvalue weighted by Crippen LogP contribution is -2.52. The summed E-state index contributed by atoms with van der Waals surface area (Å²) in [5.74, 6) is 0.944. The largest absolute Gasteiger partial charge is 0.357 e. The minimum absolute atomic E-state index is 0. The van der Waals surface area contributed by atoms with E-state index >= 15 is 0 Å². The molecule has 0 amide bonds. The topological polar surface area (TPSA) is 42.9 Å². The monoisotopic (exact) mass is 563 g/mol. The van der Waals surface area contributed by atoms with Crippen molar-refractivity contribution in [1.29, 1.82) is 0 Å². The highest BCUT2D eigenvalue weighted by Gasteiger charge is 2.44. The van der Waals surface area contributed by atoms with Crippen LogP contribution < -0.4 is 10.6 Å². The predicted molar refractivity (Wildman–Crippen MR) is 133 cm³/mol. The summed E-state index contributed by atoms with van der Waals surface area (Å²) in [5.41, 5.74) is 1.64. The summed E-state index contributed by atoms with van der Waals surface area (Å²) in [6, 6.07) is 9.22. The van der Waals surface area contributed by atoms with Gasteiger partial charge in [-0.25, -0.2) is 0 Å². The maximum Gasteiger partial charge on any atom is 0.191 e. The van der Waals surface area contributed by atoms with Crippen molar-refractivity contribution in [2.45, 2.75) is 38.1 Å². The molecule has 5 nitrogen and oxygen atoms in total. The number of nitrogens with zero attached hydrogens (tertiary/aromatic N) is 3. The summed E-state index contributed by atoms with van der Waals surface area (Å²) in [5, 5.41) is 6.98. The van der Waals surface area contributed by atoms with Crippen LogP contribution in [0.5, 0.6) is 0 Å². The molecule has 0 spiro atoms. The summed E-state index contributed by atoms with van der Waals surface area (Å²) < 4.78 is 1.15. The fourth-order valence-corrected chi connectivity index (χ4v) is 4.11. The maximum absolute atomic E-state index is 4.94. The molecule has 28 heavy (non-hydrogen) atoms. The number of hydrogen-bond donors (Lipinski definition) is 2. The molecule has 0 aromatic heterocycles. The molecule has 1 atom stereocenters. The van der Waals surface area contributed by atoms with Gasteiger partial charge < -0.3 is 15.5 Å². The highest BCUT2D eigenvalue weighted by Crippen LogP contribution is 2.48. The van der Waals surface area contributed by atoms with E-state index in [1.807, 2.05) is 0 Å². The van der Waals surface area contributed by atoms with Gasteiger partial charge in [0.2, 0.25) is 0 Å². The highest BCUT2D eigenvalue weighted by atomic mass is 127. The standard InChI is InChI=1S/C21H34BrN5.HI/c1-4-23-20(24-15-17(2)27-12-10-26(3)11-13-27)25-16-21(8-9-21)18-6-5-7-19(22)14-18;/h5-7,14,17H,4,8-13,15-16H2,1-3H3,(H2,23,24,25);1H. The van der Waals surface area contributed by atoms with Gasteiger partial charge in [-0.3, -0.25) is 9.89 Å². The Morgan fingerprint density at radius 1 is 1.21 bits per heavy atom. The summed E-state index contributed by atoms with van der Waals surface area (Å²) >= 11 is 3.60. The van der Waals surface area contributed by atoms with Crippen LogP contribution >= 0.6 is 39.9 Å². The van der Waals surface area contributed by atoms with Gasteiger partial charge in [0.25, 0.3) is 0 Å². The number of guanidine groups is 1. The van der Waals surface area contributed by atoms with E-state index in [-0.39, 0.29) is 29.4 Å². The summed E-state index contributed by atoms with van der Waals surface area (Å²) in [6.45, 7) is 11.7. The summed E-state index contributed by atoms with van der Waals surface area (Å²) in [6.07, 6.45) is 2.45. The molecule has 0 radical (unpaired) electrons. The van der Waals surface area contributed by atoms with Crippen molar-refractivity contribution in [2.24, 2.45) is 4.99 Å². The Hall–Kier alpha value is -0.380. The number of benzene rings is 1. The van der Waals surface area contributed by atoms with Gasteiger partial charge in [0.1, 0.15) is 0 Å². The van der Waals surface area contributed by atoms with Crippen LogP contribution in [-0.4, -0.2) is 74.7 Å². The number of likely N-dealkylation sites (N-methyl/N-ethyl adjacent to an activating group) is 1. The minimum Gasteiger partial charge on any atom is -0.357 e. The molecule has 3 rings (SSSR count). The van der Waals surface area contributed by atoms with Crippen LogP contribution in [0.4, 0.5) is 0 Å². The van der Waals surface area contributed by atoms with Gasteiger partial charge in [-0.1, -0.05) is 28.1 Å². The second-order valence-corrected chi connectivity index (χ2v) is 8.97. The third-order valence-electron chi connectivity index (χ3n) is 5.90. The molecule has 1 unspecified atom stereocenters. The second kappa shape index (κ2) is 11.1. The number of aliphatic imine (C=N–C) groups is 1. The van der Waals surface area contributed by atoms with Gasteiger partial charge in [-0.2, -0.15) is 0 Å². The molecule has 1 saturated carbocycles. The molecule has 1 heterocycles. The molecule has 2 N–H and O–H groups in total. The molecule has 1 aromatic rings. The van der Waals surface area contributed by atoms with Crippen LogP contribution in [0.2, 0.25) is 0 Å². The molecule has 2 fully saturated rings. The second-order valence-electron chi connectivity index (χ2n) is 8.06. The van der Waals surface area contributed by atoms with Crippen LogP contribution in [0, 0.1) is 0 Å². The van der Waals surface area contributed by atoms with Crippen LogP contribution in [0.3, 0.4) is 0 Å². The normalized spacial score (nSPS) is 20.9. The Balaban J connectivity index is 0.00000280. The van der Waals surface area contributed by atoms with Gasteiger partial charge in [-0.15, -0.1) is 24.0 Å². The van der Waals surface area contributed by atoms with Gasteiger partial charge in [0.05, 0.1) is 6.54 Å². The van der Waals surface area contributed by atoms with Crippen molar-refractivity contribution in [3.05, 3.63) is 34.3 Å². The average Bonchev–Trinajstić information content (AvgIpc) is 3.45. The molecule has 2 aliphatic rings. The van der Waals surface area contributed by atoms with Crippen LogP contribution in [-0.2, 0) is 5.41 Å². The Morgan fingerprint density at radius 3 is 2.54 bits per heavy atom. The fraction of sp³-hybridized carbons (Fsp3) is 0.667. The van der Waals surface area contributed by atoms with Gasteiger partial charge in [-0.05, 0) is 51.4 Å². The maximum atomic E-state index is 4.94. The molecular weight excluding hydrogens is 529 g/mol. The summed E-state index contributed by atoms with van der Waals surface area (Å²) in [4.78, 5) is 9.91. The number of nitrogens with one attached hydrogen (secondary N) is 2. The van der Waals surface area contributed by atoms with E-state index in [2.05, 4.69) is 81.5 Å². The third-order valence-corrected chi connectivity index (χ3v) is 6.39. The molecule has 1 saturated heterocycles. The Labute approximate surface area is 195 Å². The van der Waals surface area contributed by atoms with Crippen molar-refractivity contribution in [3.63, 3.8) is 0 Å². The van der Waals surface area contributed by atoms with Crippen LogP contribution in [0.25, 0.3) is 0 Å². The first-order valence-electron chi connectivity index (χ1n) is 10.2. The van der Waals surface area contributed by atoms with E-state index in [1.54, 1.807) is 0 Å². The quantitative estimate of drug-likeness (QED) is 0.303. The van der Waals surface area contributed by atoms with E-state index in [0.717, 1.165) is 56.2 Å². The van der Waals surface area contributed by atoms with Gasteiger partial charge in [0.15, 0.2) is 5.96 Å². The zero-order valence-corrected chi connectivity index (χ0v) is 21.3. The summed E-state index contributed by atoms with van der Waals surface area (Å²) in [7, 11) is 2.20. The van der Waals surface area contributed by atoms with Crippen molar-refractivity contribution in [1.82, 2.24) is 20.4 Å². The van der Waals surface area contributed by atoms with Gasteiger partial charge in [0, 0.05) is 55.2 Å². The number of halogens is 2. The van der Waals surface area contributed by atoms with E-state index in [4.69, 9.17) is 4.99 Å². The lowest BCUT2D eigenvalue weighted by Gasteiger charge is -2.36. The van der Waals surface area contributed by atoms with E-state index < -0.39 is 0 Å². The lowest BCUT2D eigenvalue weighted by molar-refractivity contribution is 0.120. The minimum atomic E-state index is 0. The van der Waals surface area contributed by atoms with Crippen molar-refractivity contribution in [2.75, 3.05) is 52.9 Å². The molecule has 7 heteroatoms. The fourth-order valence-electron chi connectivity index (χ4n) is 3.72.